The maximum absolute atomic E-state index is 5.66. The summed E-state index contributed by atoms with van der Waals surface area (Å²) in [6.07, 6.45) is 5.54. The van der Waals surface area contributed by atoms with Gasteiger partial charge in [0.2, 0.25) is 0 Å². The predicted octanol–water partition coefficient (Wildman–Crippen LogP) is 1.60. The highest BCUT2D eigenvalue weighted by molar-refractivity contribution is 9.10. The Hall–Kier alpha value is -0.430. The number of methoxy groups -OCH3 is 1. The third-order valence-electron chi connectivity index (χ3n) is 3.14. The fraction of sp³-hybridized carbons (Fsp3) is 0.727. The molecule has 0 bridgehead atoms. The van der Waals surface area contributed by atoms with E-state index in [-0.39, 0.29) is 6.04 Å². The molecular formula is C11H19BrN4O. The van der Waals surface area contributed by atoms with Crippen LogP contribution in [-0.4, -0.2) is 23.5 Å². The van der Waals surface area contributed by atoms with Crippen molar-refractivity contribution in [2.45, 2.75) is 31.8 Å². The summed E-state index contributed by atoms with van der Waals surface area (Å²) in [7, 11) is 1.70. The average Bonchev–Trinajstić information content (AvgIpc) is 3.08. The second kappa shape index (κ2) is 5.95. The normalized spacial score (nSPS) is 17.4. The molecule has 6 heteroatoms. The Morgan fingerprint density at radius 1 is 1.71 bits per heavy atom. The first-order valence-corrected chi connectivity index (χ1v) is 6.71. The van der Waals surface area contributed by atoms with Crippen molar-refractivity contribution in [3.8, 4) is 0 Å². The van der Waals surface area contributed by atoms with Crippen LogP contribution in [0.2, 0.25) is 0 Å². The maximum atomic E-state index is 5.66. The molecule has 1 aromatic rings. The fourth-order valence-electron chi connectivity index (χ4n) is 2.02. The van der Waals surface area contributed by atoms with Crippen molar-refractivity contribution in [3.05, 3.63) is 16.4 Å². The highest BCUT2D eigenvalue weighted by Gasteiger charge is 2.28. The Morgan fingerprint density at radius 2 is 2.47 bits per heavy atom. The molecule has 1 aromatic heterocycles. The molecule has 1 saturated carbocycles. The van der Waals surface area contributed by atoms with Gasteiger partial charge >= 0.3 is 0 Å². The van der Waals surface area contributed by atoms with Gasteiger partial charge in [-0.15, -0.1) is 0 Å². The topological polar surface area (TPSA) is 65.1 Å². The third kappa shape index (κ3) is 3.28. The monoisotopic (exact) mass is 302 g/mol. The van der Waals surface area contributed by atoms with Crippen LogP contribution >= 0.6 is 15.9 Å². The van der Waals surface area contributed by atoms with E-state index < -0.39 is 0 Å². The molecular weight excluding hydrogens is 284 g/mol. The van der Waals surface area contributed by atoms with Crippen LogP contribution in [0.4, 0.5) is 0 Å². The van der Waals surface area contributed by atoms with Gasteiger partial charge in [0, 0.05) is 7.11 Å². The van der Waals surface area contributed by atoms with Gasteiger partial charge in [-0.25, -0.2) is 0 Å². The number of halogens is 1. The number of rotatable bonds is 7. The highest BCUT2D eigenvalue weighted by Crippen LogP contribution is 2.38. The minimum atomic E-state index is 0.163. The molecule has 1 atom stereocenters. The molecule has 5 nitrogen and oxygen atoms in total. The van der Waals surface area contributed by atoms with Gasteiger partial charge < -0.3 is 4.74 Å². The summed E-state index contributed by atoms with van der Waals surface area (Å²) in [5, 5.41) is 4.34. The van der Waals surface area contributed by atoms with Gasteiger partial charge in [-0.1, -0.05) is 12.8 Å². The molecule has 1 heterocycles. The van der Waals surface area contributed by atoms with Gasteiger partial charge in [-0.2, -0.15) is 5.10 Å². The number of nitrogens with two attached hydrogens (primary N) is 1. The molecule has 1 fully saturated rings. The first kappa shape index (κ1) is 13.0. The van der Waals surface area contributed by atoms with Crippen molar-refractivity contribution in [3.63, 3.8) is 0 Å². The zero-order chi connectivity index (χ0) is 12.3. The summed E-state index contributed by atoms with van der Waals surface area (Å²) in [5.74, 6) is 6.48. The molecule has 0 amide bonds. The van der Waals surface area contributed by atoms with Crippen LogP contribution in [0.1, 0.15) is 31.0 Å². The zero-order valence-electron chi connectivity index (χ0n) is 10.0. The molecule has 96 valence electrons. The van der Waals surface area contributed by atoms with Crippen molar-refractivity contribution >= 4 is 15.9 Å². The van der Waals surface area contributed by atoms with Gasteiger partial charge in [-0.05, 0) is 28.3 Å². The van der Waals surface area contributed by atoms with E-state index in [2.05, 4.69) is 26.5 Å². The first-order valence-electron chi connectivity index (χ1n) is 5.92. The van der Waals surface area contributed by atoms with Gasteiger partial charge in [0.15, 0.2) is 0 Å². The molecule has 0 aliphatic heterocycles. The van der Waals surface area contributed by atoms with Crippen LogP contribution in [0.15, 0.2) is 10.7 Å². The van der Waals surface area contributed by atoms with Crippen molar-refractivity contribution in [1.29, 1.82) is 0 Å². The first-order chi connectivity index (χ1) is 8.26. The lowest BCUT2D eigenvalue weighted by atomic mass is 10.1. The van der Waals surface area contributed by atoms with Crippen LogP contribution < -0.4 is 11.3 Å². The molecule has 2 rings (SSSR count). The van der Waals surface area contributed by atoms with Gasteiger partial charge in [0.1, 0.15) is 0 Å². The summed E-state index contributed by atoms with van der Waals surface area (Å²) < 4.78 is 8.06. The van der Waals surface area contributed by atoms with E-state index in [0.29, 0.717) is 6.61 Å². The lowest BCUT2D eigenvalue weighted by Gasteiger charge is -2.18. The molecule has 1 unspecified atom stereocenters. The average molecular weight is 303 g/mol. The number of nitrogens with one attached hydrogen (secondary N) is 1. The van der Waals surface area contributed by atoms with Crippen molar-refractivity contribution in [2.75, 3.05) is 13.7 Å². The standard InChI is InChI=1S/C11H19BrN4O/c1-17-5-4-16-11(9(12)7-14-16)10(15-13)6-8-2-3-8/h7-8,10,15H,2-6,13H2,1H3. The minimum absolute atomic E-state index is 0.163. The van der Waals surface area contributed by atoms with Gasteiger partial charge in [0.05, 0.1) is 35.6 Å². The van der Waals surface area contributed by atoms with E-state index in [1.54, 1.807) is 7.11 Å². The number of hydrogen-bond donors (Lipinski definition) is 2. The Morgan fingerprint density at radius 3 is 3.06 bits per heavy atom. The number of ether oxygens (including phenoxy) is 1. The molecule has 1 aliphatic rings. The van der Waals surface area contributed by atoms with E-state index in [0.717, 1.165) is 29.1 Å². The van der Waals surface area contributed by atoms with Crippen LogP contribution in [0.25, 0.3) is 0 Å². The number of hydrazine groups is 1. The van der Waals surface area contributed by atoms with E-state index in [4.69, 9.17) is 10.6 Å². The Bertz CT molecular complexity index is 364. The molecule has 0 saturated heterocycles. The van der Waals surface area contributed by atoms with Crippen LogP contribution in [-0.2, 0) is 11.3 Å². The summed E-state index contributed by atoms with van der Waals surface area (Å²) in [6.45, 7) is 1.40. The molecule has 3 N–H and O–H groups in total. The SMILES string of the molecule is COCCn1ncc(Br)c1C(CC1CC1)NN. The lowest BCUT2D eigenvalue weighted by molar-refractivity contribution is 0.181. The second-order valence-electron chi connectivity index (χ2n) is 4.49. The number of aromatic nitrogens is 2. The maximum Gasteiger partial charge on any atom is 0.0710 e. The summed E-state index contributed by atoms with van der Waals surface area (Å²) in [5.41, 5.74) is 4.02. The van der Waals surface area contributed by atoms with Gasteiger partial charge in [0.25, 0.3) is 0 Å². The number of hydrogen-bond acceptors (Lipinski definition) is 4. The number of nitrogens with zero attached hydrogens (tertiary/aromatic N) is 2. The summed E-state index contributed by atoms with van der Waals surface area (Å²) in [6, 6.07) is 0.163. The van der Waals surface area contributed by atoms with Crippen molar-refractivity contribution in [2.24, 2.45) is 11.8 Å². The van der Waals surface area contributed by atoms with Crippen LogP contribution in [0, 0.1) is 5.92 Å². The Kier molecular flexibility index (Phi) is 4.55. The largest absolute Gasteiger partial charge is 0.383 e. The third-order valence-corrected chi connectivity index (χ3v) is 3.75. The summed E-state index contributed by atoms with van der Waals surface area (Å²) >= 11 is 3.54. The second-order valence-corrected chi connectivity index (χ2v) is 5.35. The molecule has 0 radical (unpaired) electrons. The van der Waals surface area contributed by atoms with Crippen LogP contribution in [0.3, 0.4) is 0 Å². The van der Waals surface area contributed by atoms with E-state index >= 15 is 0 Å². The van der Waals surface area contributed by atoms with E-state index in [1.807, 2.05) is 10.9 Å². The molecule has 0 spiro atoms. The Labute approximate surface area is 110 Å². The highest BCUT2D eigenvalue weighted by atomic mass is 79.9. The van der Waals surface area contributed by atoms with Crippen molar-refractivity contribution in [1.82, 2.24) is 15.2 Å². The van der Waals surface area contributed by atoms with Crippen LogP contribution in [0.5, 0.6) is 0 Å². The van der Waals surface area contributed by atoms with Crippen molar-refractivity contribution < 1.29 is 4.74 Å². The fourth-order valence-corrected chi connectivity index (χ4v) is 2.59. The minimum Gasteiger partial charge on any atom is -0.383 e. The smallest absolute Gasteiger partial charge is 0.0710 e. The molecule has 17 heavy (non-hydrogen) atoms. The quantitative estimate of drug-likeness (QED) is 0.593. The molecule has 0 aromatic carbocycles. The lowest BCUT2D eigenvalue weighted by Crippen LogP contribution is -2.31. The van der Waals surface area contributed by atoms with E-state index in [9.17, 15) is 0 Å². The zero-order valence-corrected chi connectivity index (χ0v) is 11.6. The molecule has 1 aliphatic carbocycles. The van der Waals surface area contributed by atoms with E-state index in [1.165, 1.54) is 12.8 Å². The Balaban J connectivity index is 2.11. The van der Waals surface area contributed by atoms with Gasteiger partial charge in [-0.3, -0.25) is 16.0 Å². The predicted molar refractivity (Wildman–Crippen MR) is 69.2 cm³/mol. The summed E-state index contributed by atoms with van der Waals surface area (Å²) in [4.78, 5) is 0.